The summed E-state index contributed by atoms with van der Waals surface area (Å²) in [5.41, 5.74) is 6.42. The molecule has 5 heteroatoms. The van der Waals surface area contributed by atoms with Crippen LogP contribution in [0.15, 0.2) is 72.8 Å². The van der Waals surface area contributed by atoms with Crippen molar-refractivity contribution in [1.29, 1.82) is 0 Å². The first-order chi connectivity index (χ1) is 15.5. The van der Waals surface area contributed by atoms with Crippen LogP contribution >= 0.6 is 0 Å². The summed E-state index contributed by atoms with van der Waals surface area (Å²) in [7, 11) is 0. The van der Waals surface area contributed by atoms with Gasteiger partial charge in [-0.05, 0) is 74.4 Å². The minimum atomic E-state index is -0.386. The lowest BCUT2D eigenvalue weighted by atomic mass is 10.0. The molecule has 0 radical (unpaired) electrons. The van der Waals surface area contributed by atoms with E-state index in [0.29, 0.717) is 23.4 Å². The van der Waals surface area contributed by atoms with Crippen LogP contribution in [-0.4, -0.2) is 23.5 Å². The van der Waals surface area contributed by atoms with E-state index in [-0.39, 0.29) is 11.9 Å². The smallest absolute Gasteiger partial charge is 0.338 e. The van der Waals surface area contributed by atoms with E-state index < -0.39 is 0 Å². The Bertz CT molecular complexity index is 1310. The van der Waals surface area contributed by atoms with Gasteiger partial charge in [-0.25, -0.2) is 9.78 Å². The molecule has 5 nitrogen and oxygen atoms in total. The molecule has 4 aromatic rings. The third kappa shape index (κ3) is 4.37. The lowest BCUT2D eigenvalue weighted by Crippen LogP contribution is -2.13. The number of nitrogens with zero attached hydrogens (tertiary/aromatic N) is 1. The molecular formula is C27H24N2O3. The number of ether oxygens (including phenoxy) is 1. The van der Waals surface area contributed by atoms with Crippen molar-refractivity contribution in [3.05, 3.63) is 95.1 Å². The van der Waals surface area contributed by atoms with Gasteiger partial charge in [0.25, 0.3) is 5.91 Å². The molecule has 0 saturated carbocycles. The van der Waals surface area contributed by atoms with Gasteiger partial charge in [-0.15, -0.1) is 0 Å². The molecule has 0 aliphatic carbocycles. The van der Waals surface area contributed by atoms with Gasteiger partial charge in [-0.3, -0.25) is 4.79 Å². The molecule has 0 saturated heterocycles. The predicted octanol–water partition coefficient (Wildman–Crippen LogP) is 5.95. The first kappa shape index (κ1) is 21.2. The van der Waals surface area contributed by atoms with Crippen LogP contribution in [0.3, 0.4) is 0 Å². The zero-order valence-corrected chi connectivity index (χ0v) is 18.3. The van der Waals surface area contributed by atoms with Crippen molar-refractivity contribution in [2.75, 3.05) is 11.9 Å². The minimum Gasteiger partial charge on any atom is -0.462 e. The summed E-state index contributed by atoms with van der Waals surface area (Å²) >= 11 is 0. The summed E-state index contributed by atoms with van der Waals surface area (Å²) < 4.78 is 5.00. The molecule has 1 heterocycles. The molecule has 0 spiro atoms. The molecule has 0 aliphatic heterocycles. The Hall–Kier alpha value is -3.99. The summed E-state index contributed by atoms with van der Waals surface area (Å²) in [5.74, 6) is -0.624. The third-order valence-electron chi connectivity index (χ3n) is 5.42. The molecule has 1 N–H and O–H groups in total. The van der Waals surface area contributed by atoms with Crippen molar-refractivity contribution in [3.8, 4) is 11.3 Å². The fourth-order valence-corrected chi connectivity index (χ4v) is 3.51. The Morgan fingerprint density at radius 2 is 1.66 bits per heavy atom. The maximum atomic E-state index is 13.2. The molecule has 3 aromatic carbocycles. The molecular weight excluding hydrogens is 400 g/mol. The molecule has 1 amide bonds. The number of esters is 1. The van der Waals surface area contributed by atoms with Gasteiger partial charge in [-0.2, -0.15) is 0 Å². The van der Waals surface area contributed by atoms with Gasteiger partial charge in [0.15, 0.2) is 0 Å². The Morgan fingerprint density at radius 1 is 0.906 bits per heavy atom. The Morgan fingerprint density at radius 3 is 2.38 bits per heavy atom. The molecule has 0 fully saturated rings. The number of carbonyl (C=O) groups excluding carboxylic acids is 2. The van der Waals surface area contributed by atoms with Crippen molar-refractivity contribution in [1.82, 2.24) is 4.98 Å². The normalized spacial score (nSPS) is 10.7. The second kappa shape index (κ2) is 9.02. The number of amides is 1. The number of rotatable bonds is 5. The quantitative estimate of drug-likeness (QED) is 0.402. The van der Waals surface area contributed by atoms with Crippen LogP contribution in [-0.2, 0) is 4.74 Å². The minimum absolute atomic E-state index is 0.238. The van der Waals surface area contributed by atoms with E-state index in [0.717, 1.165) is 22.2 Å². The molecule has 1 aromatic heterocycles. The highest BCUT2D eigenvalue weighted by Gasteiger charge is 2.15. The Labute approximate surface area is 187 Å². The number of hydrogen-bond acceptors (Lipinski definition) is 4. The number of nitrogens with one attached hydrogen (secondary N) is 1. The Kier molecular flexibility index (Phi) is 5.99. The first-order valence-corrected chi connectivity index (χ1v) is 10.5. The van der Waals surface area contributed by atoms with Gasteiger partial charge >= 0.3 is 5.97 Å². The van der Waals surface area contributed by atoms with Gasteiger partial charge in [-0.1, -0.05) is 30.3 Å². The number of pyridine rings is 1. The van der Waals surface area contributed by atoms with Crippen LogP contribution in [0.25, 0.3) is 22.2 Å². The van der Waals surface area contributed by atoms with Gasteiger partial charge in [0.05, 0.1) is 28.9 Å². The van der Waals surface area contributed by atoms with Crippen LogP contribution < -0.4 is 5.32 Å². The number of aryl methyl sites for hydroxylation is 2. The van der Waals surface area contributed by atoms with Crippen molar-refractivity contribution >= 4 is 28.5 Å². The highest BCUT2D eigenvalue weighted by atomic mass is 16.5. The molecule has 0 aliphatic rings. The number of hydrogen-bond donors (Lipinski definition) is 1. The largest absolute Gasteiger partial charge is 0.462 e. The number of aromatic nitrogens is 1. The van der Waals surface area contributed by atoms with Crippen LogP contribution in [0, 0.1) is 13.8 Å². The van der Waals surface area contributed by atoms with Crippen molar-refractivity contribution in [2.45, 2.75) is 20.8 Å². The fraction of sp³-hybridized carbons (Fsp3) is 0.148. The zero-order valence-electron chi connectivity index (χ0n) is 18.3. The average Bonchev–Trinajstić information content (AvgIpc) is 2.80. The average molecular weight is 425 g/mol. The number of fused-ring (bicyclic) bond motifs is 1. The van der Waals surface area contributed by atoms with E-state index in [1.165, 1.54) is 11.1 Å². The van der Waals surface area contributed by atoms with E-state index in [1.807, 2.05) is 36.4 Å². The van der Waals surface area contributed by atoms with Crippen molar-refractivity contribution < 1.29 is 14.3 Å². The van der Waals surface area contributed by atoms with E-state index in [4.69, 9.17) is 9.72 Å². The lowest BCUT2D eigenvalue weighted by molar-refractivity contribution is 0.0526. The summed E-state index contributed by atoms with van der Waals surface area (Å²) in [5, 5.41) is 3.71. The second-order valence-electron chi connectivity index (χ2n) is 7.62. The monoisotopic (exact) mass is 424 g/mol. The molecule has 4 rings (SSSR count). The van der Waals surface area contributed by atoms with E-state index in [9.17, 15) is 9.59 Å². The third-order valence-corrected chi connectivity index (χ3v) is 5.42. The van der Waals surface area contributed by atoms with Crippen LogP contribution in [0.1, 0.15) is 38.8 Å². The van der Waals surface area contributed by atoms with Gasteiger partial charge in [0, 0.05) is 16.6 Å². The number of anilines is 1. The Balaban J connectivity index is 1.69. The SMILES string of the molecule is CCOC(=O)c1ccc(NC(=O)c2cc(-c3ccc(C)c(C)c3)nc3ccccc23)cc1. The first-order valence-electron chi connectivity index (χ1n) is 10.5. The van der Waals surface area contributed by atoms with Crippen molar-refractivity contribution in [2.24, 2.45) is 0 Å². The van der Waals surface area contributed by atoms with Gasteiger partial charge in [0.2, 0.25) is 0 Å². The van der Waals surface area contributed by atoms with E-state index >= 15 is 0 Å². The fourth-order valence-electron chi connectivity index (χ4n) is 3.51. The van der Waals surface area contributed by atoms with Crippen LogP contribution in [0.4, 0.5) is 5.69 Å². The standard InChI is InChI=1S/C27H24N2O3/c1-4-32-27(31)19-11-13-21(14-12-19)28-26(30)23-16-25(20-10-9-17(2)18(3)15-20)29-24-8-6-5-7-22(23)24/h5-16H,4H2,1-3H3,(H,28,30). The van der Waals surface area contributed by atoms with E-state index in [1.54, 1.807) is 31.2 Å². The summed E-state index contributed by atoms with van der Waals surface area (Å²) in [6.45, 7) is 6.21. The maximum Gasteiger partial charge on any atom is 0.338 e. The molecule has 160 valence electrons. The zero-order chi connectivity index (χ0) is 22.7. The summed E-state index contributed by atoms with van der Waals surface area (Å²) in [6, 6.07) is 22.3. The molecule has 0 unspecified atom stereocenters. The second-order valence-corrected chi connectivity index (χ2v) is 7.62. The number of carbonyl (C=O) groups is 2. The highest BCUT2D eigenvalue weighted by molar-refractivity contribution is 6.13. The number of para-hydroxylation sites is 1. The van der Waals surface area contributed by atoms with Crippen LogP contribution in [0.2, 0.25) is 0 Å². The number of benzene rings is 3. The van der Waals surface area contributed by atoms with Gasteiger partial charge < -0.3 is 10.1 Å². The topological polar surface area (TPSA) is 68.3 Å². The molecule has 32 heavy (non-hydrogen) atoms. The van der Waals surface area contributed by atoms with Crippen molar-refractivity contribution in [3.63, 3.8) is 0 Å². The van der Waals surface area contributed by atoms with E-state index in [2.05, 4.69) is 31.3 Å². The summed E-state index contributed by atoms with van der Waals surface area (Å²) in [6.07, 6.45) is 0. The van der Waals surface area contributed by atoms with Crippen LogP contribution in [0.5, 0.6) is 0 Å². The predicted molar refractivity (Wildman–Crippen MR) is 127 cm³/mol. The molecule has 0 atom stereocenters. The summed E-state index contributed by atoms with van der Waals surface area (Å²) in [4.78, 5) is 29.9. The van der Waals surface area contributed by atoms with Gasteiger partial charge in [0.1, 0.15) is 0 Å². The highest BCUT2D eigenvalue weighted by Crippen LogP contribution is 2.27. The molecule has 0 bridgehead atoms. The lowest BCUT2D eigenvalue weighted by Gasteiger charge is -2.12. The maximum absolute atomic E-state index is 13.2.